The Morgan fingerprint density at radius 1 is 1.00 bits per heavy atom. The van der Waals surface area contributed by atoms with Crippen molar-refractivity contribution in [2.24, 2.45) is 11.8 Å². The summed E-state index contributed by atoms with van der Waals surface area (Å²) in [5, 5.41) is 38.0. The molecule has 2 aliphatic heterocycles. The summed E-state index contributed by atoms with van der Waals surface area (Å²) in [6, 6.07) is 0. The lowest BCUT2D eigenvalue weighted by Gasteiger charge is -2.37. The number of hydrogen-bond acceptors (Lipinski definition) is 7. The number of aliphatic carboxylic acids is 1. The minimum absolute atomic E-state index is 0.0108. The van der Waals surface area contributed by atoms with E-state index in [0.717, 1.165) is 0 Å². The fourth-order valence-corrected chi connectivity index (χ4v) is 3.14. The third-order valence-electron chi connectivity index (χ3n) is 4.33. The SMILES string of the molecule is O=C(O)C1C2C=CC(O2)C1C(O)(OCCCCO)OCCCCO. The Kier molecular flexibility index (Phi) is 7.15. The van der Waals surface area contributed by atoms with Crippen LogP contribution in [0.1, 0.15) is 25.7 Å². The third-order valence-corrected chi connectivity index (χ3v) is 4.33. The van der Waals surface area contributed by atoms with E-state index in [1.807, 2.05) is 0 Å². The zero-order chi connectivity index (χ0) is 17.6. The number of rotatable bonds is 12. The molecule has 1 saturated heterocycles. The van der Waals surface area contributed by atoms with Gasteiger partial charge in [0.15, 0.2) is 0 Å². The van der Waals surface area contributed by atoms with Crippen molar-refractivity contribution in [3.63, 3.8) is 0 Å². The summed E-state index contributed by atoms with van der Waals surface area (Å²) in [7, 11) is 0. The molecule has 2 heterocycles. The van der Waals surface area contributed by atoms with Gasteiger partial charge < -0.3 is 34.6 Å². The van der Waals surface area contributed by atoms with E-state index in [-0.39, 0.29) is 26.4 Å². The summed E-state index contributed by atoms with van der Waals surface area (Å²) in [5.74, 6) is -5.00. The van der Waals surface area contributed by atoms with Crippen molar-refractivity contribution in [2.75, 3.05) is 26.4 Å². The number of ether oxygens (including phenoxy) is 3. The van der Waals surface area contributed by atoms with Gasteiger partial charge in [-0.05, 0) is 25.7 Å². The van der Waals surface area contributed by atoms with Crippen LogP contribution in [0.15, 0.2) is 12.2 Å². The van der Waals surface area contributed by atoms with Crippen LogP contribution < -0.4 is 0 Å². The number of aliphatic hydroxyl groups excluding tert-OH is 2. The van der Waals surface area contributed by atoms with Crippen molar-refractivity contribution in [2.45, 2.75) is 43.9 Å². The zero-order valence-corrected chi connectivity index (χ0v) is 13.5. The van der Waals surface area contributed by atoms with Gasteiger partial charge in [-0.2, -0.15) is 0 Å². The molecule has 0 saturated carbocycles. The third kappa shape index (κ3) is 4.33. The highest BCUT2D eigenvalue weighted by atomic mass is 16.8. The zero-order valence-electron chi connectivity index (χ0n) is 13.5. The first kappa shape index (κ1) is 19.3. The number of hydrogen-bond donors (Lipinski definition) is 4. The molecule has 0 aliphatic carbocycles. The summed E-state index contributed by atoms with van der Waals surface area (Å²) in [6.07, 6.45) is 4.24. The fraction of sp³-hybridized carbons (Fsp3) is 0.812. The van der Waals surface area contributed by atoms with Gasteiger partial charge >= 0.3 is 5.97 Å². The van der Waals surface area contributed by atoms with Gasteiger partial charge in [0.2, 0.25) is 0 Å². The molecule has 138 valence electrons. The van der Waals surface area contributed by atoms with E-state index in [2.05, 4.69) is 0 Å². The topological polar surface area (TPSA) is 126 Å². The Morgan fingerprint density at radius 3 is 2.04 bits per heavy atom. The van der Waals surface area contributed by atoms with E-state index in [9.17, 15) is 15.0 Å². The molecule has 0 aromatic carbocycles. The average molecular weight is 346 g/mol. The smallest absolute Gasteiger partial charge is 0.310 e. The van der Waals surface area contributed by atoms with Gasteiger partial charge in [0.25, 0.3) is 5.97 Å². The van der Waals surface area contributed by atoms with Gasteiger partial charge in [-0.1, -0.05) is 12.2 Å². The Hall–Kier alpha value is -1.03. The number of carbonyl (C=O) groups is 1. The van der Waals surface area contributed by atoms with Crippen molar-refractivity contribution in [3.8, 4) is 0 Å². The maximum atomic E-state index is 11.6. The Morgan fingerprint density at radius 2 is 1.54 bits per heavy atom. The van der Waals surface area contributed by atoms with Crippen molar-refractivity contribution in [1.29, 1.82) is 0 Å². The van der Waals surface area contributed by atoms with Crippen molar-refractivity contribution < 1.29 is 39.4 Å². The molecular weight excluding hydrogens is 320 g/mol. The van der Waals surface area contributed by atoms with Crippen molar-refractivity contribution in [1.82, 2.24) is 0 Å². The quantitative estimate of drug-likeness (QED) is 0.219. The molecule has 2 aliphatic rings. The van der Waals surface area contributed by atoms with E-state index < -0.39 is 36.0 Å². The maximum absolute atomic E-state index is 11.6. The molecule has 0 amide bonds. The molecule has 24 heavy (non-hydrogen) atoms. The molecule has 2 rings (SSSR count). The predicted octanol–water partition coefficient (Wildman–Crippen LogP) is -0.135. The van der Waals surface area contributed by atoms with Gasteiger partial charge in [-0.25, -0.2) is 0 Å². The minimum Gasteiger partial charge on any atom is -0.481 e. The molecule has 8 heteroatoms. The molecule has 0 spiro atoms. The molecular formula is C16H26O8. The van der Waals surface area contributed by atoms with E-state index in [1.54, 1.807) is 12.2 Å². The first-order valence-electron chi connectivity index (χ1n) is 8.32. The van der Waals surface area contributed by atoms with Crippen LogP contribution in [0, 0.1) is 11.8 Å². The number of aliphatic hydroxyl groups is 3. The lowest BCUT2D eigenvalue weighted by Crippen LogP contribution is -2.52. The van der Waals surface area contributed by atoms with Gasteiger partial charge in [0.1, 0.15) is 0 Å². The van der Waals surface area contributed by atoms with E-state index in [0.29, 0.717) is 25.7 Å². The molecule has 4 N–H and O–H groups in total. The first-order chi connectivity index (χ1) is 11.5. The number of unbranched alkanes of at least 4 members (excludes halogenated alkanes) is 2. The normalized spacial score (nSPS) is 28.6. The van der Waals surface area contributed by atoms with Gasteiger partial charge in [0.05, 0.1) is 37.3 Å². The van der Waals surface area contributed by atoms with Gasteiger partial charge in [0, 0.05) is 13.2 Å². The molecule has 2 bridgehead atoms. The second kappa shape index (κ2) is 8.89. The Bertz CT molecular complexity index is 426. The fourth-order valence-electron chi connectivity index (χ4n) is 3.14. The van der Waals surface area contributed by atoms with Crippen LogP contribution >= 0.6 is 0 Å². The molecule has 0 aromatic heterocycles. The van der Waals surface area contributed by atoms with E-state index in [1.165, 1.54) is 0 Å². The summed E-state index contributed by atoms with van der Waals surface area (Å²) in [4.78, 5) is 11.6. The summed E-state index contributed by atoms with van der Waals surface area (Å²) in [6.45, 7) is 0.274. The molecule has 4 unspecified atom stereocenters. The minimum atomic E-state index is -2.09. The Labute approximate surface area is 140 Å². The van der Waals surface area contributed by atoms with Crippen LogP contribution in [0.4, 0.5) is 0 Å². The Balaban J connectivity index is 2.08. The summed E-state index contributed by atoms with van der Waals surface area (Å²) < 4.78 is 16.6. The van der Waals surface area contributed by atoms with Crippen LogP contribution in [0.25, 0.3) is 0 Å². The lowest BCUT2D eigenvalue weighted by atomic mass is 9.81. The highest BCUT2D eigenvalue weighted by molar-refractivity contribution is 5.73. The van der Waals surface area contributed by atoms with Gasteiger partial charge in [-0.15, -0.1) is 0 Å². The number of carboxylic acids is 1. The van der Waals surface area contributed by atoms with Gasteiger partial charge in [-0.3, -0.25) is 4.79 Å². The van der Waals surface area contributed by atoms with Crippen LogP contribution in [0.2, 0.25) is 0 Å². The number of carboxylic acid groups (broad SMARTS) is 1. The standard InChI is InChI=1S/C16H26O8/c17-7-1-3-9-22-16(21,23-10-4-2-8-18)14-12-6-5-11(24-12)13(14)15(19)20/h5-6,11-14,17-18,21H,1-4,7-10H2,(H,19,20). The van der Waals surface area contributed by atoms with E-state index >= 15 is 0 Å². The predicted molar refractivity (Wildman–Crippen MR) is 81.9 cm³/mol. The monoisotopic (exact) mass is 346 g/mol. The molecule has 1 fully saturated rings. The van der Waals surface area contributed by atoms with Crippen molar-refractivity contribution in [3.05, 3.63) is 12.2 Å². The second-order valence-corrected chi connectivity index (χ2v) is 6.03. The molecule has 0 aromatic rings. The van der Waals surface area contributed by atoms with Crippen LogP contribution in [-0.4, -0.2) is 71.0 Å². The molecule has 8 nitrogen and oxygen atoms in total. The molecule has 0 radical (unpaired) electrons. The maximum Gasteiger partial charge on any atom is 0.310 e. The first-order valence-corrected chi connectivity index (χ1v) is 8.32. The second-order valence-electron chi connectivity index (χ2n) is 6.03. The number of fused-ring (bicyclic) bond motifs is 2. The highest BCUT2D eigenvalue weighted by Gasteiger charge is 2.60. The van der Waals surface area contributed by atoms with Crippen LogP contribution in [-0.2, 0) is 19.0 Å². The van der Waals surface area contributed by atoms with Crippen molar-refractivity contribution >= 4 is 5.97 Å². The molecule has 4 atom stereocenters. The highest BCUT2D eigenvalue weighted by Crippen LogP contribution is 2.45. The lowest BCUT2D eigenvalue weighted by molar-refractivity contribution is -0.392. The average Bonchev–Trinajstić information content (AvgIpc) is 3.17. The summed E-state index contributed by atoms with van der Waals surface area (Å²) in [5.41, 5.74) is 0. The summed E-state index contributed by atoms with van der Waals surface area (Å²) >= 11 is 0. The van der Waals surface area contributed by atoms with Crippen LogP contribution in [0.5, 0.6) is 0 Å². The largest absolute Gasteiger partial charge is 0.481 e. The van der Waals surface area contributed by atoms with E-state index in [4.69, 9.17) is 24.4 Å². The van der Waals surface area contributed by atoms with Crippen LogP contribution in [0.3, 0.4) is 0 Å².